The molecular formula is C19H21ClN4O3. The normalized spacial score (nSPS) is 14.8. The Balaban J connectivity index is 1.42. The maximum absolute atomic E-state index is 12.1. The van der Waals surface area contributed by atoms with Crippen LogP contribution in [0.25, 0.3) is 0 Å². The Morgan fingerprint density at radius 2 is 1.67 bits per heavy atom. The van der Waals surface area contributed by atoms with Gasteiger partial charge in [0.2, 0.25) is 5.91 Å². The molecule has 1 fully saturated rings. The van der Waals surface area contributed by atoms with E-state index in [1.54, 1.807) is 36.4 Å². The molecule has 0 atom stereocenters. The summed E-state index contributed by atoms with van der Waals surface area (Å²) < 4.78 is 0. The summed E-state index contributed by atoms with van der Waals surface area (Å²) in [4.78, 5) is 26.9. The molecule has 1 N–H and O–H groups in total. The predicted molar refractivity (Wildman–Crippen MR) is 106 cm³/mol. The van der Waals surface area contributed by atoms with Crippen molar-refractivity contribution < 1.29 is 9.72 Å². The summed E-state index contributed by atoms with van der Waals surface area (Å²) in [7, 11) is 0. The summed E-state index contributed by atoms with van der Waals surface area (Å²) in [5.41, 5.74) is 1.83. The highest BCUT2D eigenvalue weighted by atomic mass is 35.5. The number of nitro benzene ring substituents is 1. The van der Waals surface area contributed by atoms with Crippen LogP contribution in [0, 0.1) is 10.1 Å². The number of anilines is 2. The van der Waals surface area contributed by atoms with Crippen molar-refractivity contribution in [3.63, 3.8) is 0 Å². The van der Waals surface area contributed by atoms with Crippen LogP contribution in [0.4, 0.5) is 17.1 Å². The molecule has 0 aliphatic carbocycles. The first kappa shape index (κ1) is 19.1. The first-order chi connectivity index (χ1) is 13.0. The van der Waals surface area contributed by atoms with Crippen molar-refractivity contribution in [2.75, 3.05) is 42.9 Å². The molecule has 0 aromatic heterocycles. The zero-order valence-electron chi connectivity index (χ0n) is 14.8. The number of non-ortho nitro benzene ring substituents is 1. The van der Waals surface area contributed by atoms with Crippen LogP contribution in [-0.4, -0.2) is 48.5 Å². The summed E-state index contributed by atoms with van der Waals surface area (Å²) in [5.74, 6) is -0.0184. The van der Waals surface area contributed by atoms with E-state index in [0.717, 1.165) is 37.6 Å². The number of nitro groups is 1. The summed E-state index contributed by atoms with van der Waals surface area (Å²) in [5, 5.41) is 14.2. The number of halogens is 1. The monoisotopic (exact) mass is 388 g/mol. The van der Waals surface area contributed by atoms with Crippen LogP contribution in [0.2, 0.25) is 5.02 Å². The minimum Gasteiger partial charge on any atom is -0.369 e. The third-order valence-electron chi connectivity index (χ3n) is 4.58. The number of benzene rings is 2. The number of hydrogen-bond acceptors (Lipinski definition) is 5. The number of rotatable bonds is 6. The van der Waals surface area contributed by atoms with Gasteiger partial charge in [-0.1, -0.05) is 11.6 Å². The van der Waals surface area contributed by atoms with Gasteiger partial charge in [-0.2, -0.15) is 0 Å². The van der Waals surface area contributed by atoms with Crippen LogP contribution in [0.3, 0.4) is 0 Å². The van der Waals surface area contributed by atoms with Gasteiger partial charge >= 0.3 is 0 Å². The Bertz CT molecular complexity index is 788. The van der Waals surface area contributed by atoms with Crippen LogP contribution in [0.5, 0.6) is 0 Å². The van der Waals surface area contributed by atoms with Gasteiger partial charge < -0.3 is 10.2 Å². The molecule has 1 heterocycles. The summed E-state index contributed by atoms with van der Waals surface area (Å²) in [6.45, 7) is 4.07. The fraction of sp³-hybridized carbons (Fsp3) is 0.316. The fourth-order valence-electron chi connectivity index (χ4n) is 3.03. The quantitative estimate of drug-likeness (QED) is 0.606. The lowest BCUT2D eigenvalue weighted by molar-refractivity contribution is -0.384. The minimum absolute atomic E-state index is 0.0184. The van der Waals surface area contributed by atoms with Gasteiger partial charge in [-0.15, -0.1) is 0 Å². The Labute approximate surface area is 162 Å². The van der Waals surface area contributed by atoms with Crippen LogP contribution < -0.4 is 10.2 Å². The molecule has 7 nitrogen and oxygen atoms in total. The van der Waals surface area contributed by atoms with Crippen molar-refractivity contribution >= 4 is 34.6 Å². The molecule has 27 heavy (non-hydrogen) atoms. The zero-order chi connectivity index (χ0) is 19.2. The summed E-state index contributed by atoms with van der Waals surface area (Å²) in [6.07, 6.45) is 0.431. The molecule has 3 rings (SSSR count). The molecule has 142 valence electrons. The molecule has 0 bridgehead atoms. The number of amides is 1. The fourth-order valence-corrected chi connectivity index (χ4v) is 3.16. The molecule has 2 aromatic carbocycles. The molecule has 0 radical (unpaired) electrons. The lowest BCUT2D eigenvalue weighted by Gasteiger charge is -2.36. The van der Waals surface area contributed by atoms with E-state index in [1.165, 1.54) is 12.1 Å². The second kappa shape index (κ2) is 8.83. The van der Waals surface area contributed by atoms with Gasteiger partial charge in [0, 0.05) is 67.7 Å². The van der Waals surface area contributed by atoms with E-state index >= 15 is 0 Å². The van der Waals surface area contributed by atoms with Gasteiger partial charge in [0.25, 0.3) is 5.69 Å². The second-order valence-electron chi connectivity index (χ2n) is 6.41. The molecule has 0 unspecified atom stereocenters. The SMILES string of the molecule is O=C(CCN1CCN(c2ccc([N+](=O)[O-])cc2)CC1)Nc1ccc(Cl)cc1. The topological polar surface area (TPSA) is 78.7 Å². The zero-order valence-corrected chi connectivity index (χ0v) is 15.6. The molecule has 0 saturated carbocycles. The predicted octanol–water partition coefficient (Wildman–Crippen LogP) is 3.40. The highest BCUT2D eigenvalue weighted by molar-refractivity contribution is 6.30. The number of carbonyl (C=O) groups excluding carboxylic acids is 1. The van der Waals surface area contributed by atoms with E-state index in [2.05, 4.69) is 15.1 Å². The Morgan fingerprint density at radius 3 is 2.26 bits per heavy atom. The Morgan fingerprint density at radius 1 is 1.04 bits per heavy atom. The van der Waals surface area contributed by atoms with Crippen molar-refractivity contribution in [2.24, 2.45) is 0 Å². The number of nitrogens with zero attached hydrogens (tertiary/aromatic N) is 3. The van der Waals surface area contributed by atoms with E-state index in [1.807, 2.05) is 0 Å². The van der Waals surface area contributed by atoms with Crippen molar-refractivity contribution in [3.05, 3.63) is 63.7 Å². The lowest BCUT2D eigenvalue weighted by Crippen LogP contribution is -2.47. The maximum Gasteiger partial charge on any atom is 0.269 e. The number of piperazine rings is 1. The molecule has 1 saturated heterocycles. The first-order valence-electron chi connectivity index (χ1n) is 8.78. The average molecular weight is 389 g/mol. The molecule has 2 aromatic rings. The first-order valence-corrected chi connectivity index (χ1v) is 9.16. The lowest BCUT2D eigenvalue weighted by atomic mass is 10.2. The maximum atomic E-state index is 12.1. The van der Waals surface area contributed by atoms with Crippen LogP contribution >= 0.6 is 11.6 Å². The average Bonchev–Trinajstić information content (AvgIpc) is 2.69. The molecule has 0 spiro atoms. The third kappa shape index (κ3) is 5.42. The van der Waals surface area contributed by atoms with Crippen molar-refractivity contribution in [3.8, 4) is 0 Å². The largest absolute Gasteiger partial charge is 0.369 e. The molecular weight excluding hydrogens is 368 g/mol. The summed E-state index contributed by atoms with van der Waals surface area (Å²) in [6, 6.07) is 13.7. The van der Waals surface area contributed by atoms with Gasteiger partial charge in [0.1, 0.15) is 0 Å². The van der Waals surface area contributed by atoms with Gasteiger partial charge in [0.05, 0.1) is 4.92 Å². The number of carbonyl (C=O) groups is 1. The van der Waals surface area contributed by atoms with Gasteiger partial charge in [-0.25, -0.2) is 0 Å². The van der Waals surface area contributed by atoms with Gasteiger partial charge in [-0.3, -0.25) is 19.8 Å². The van der Waals surface area contributed by atoms with E-state index in [0.29, 0.717) is 18.0 Å². The standard InChI is InChI=1S/C19H21ClN4O3/c20-15-1-3-16(4-2-15)21-19(25)9-10-22-11-13-23(14-12-22)17-5-7-18(8-6-17)24(26)27/h1-8H,9-14H2,(H,21,25). The Hall–Kier alpha value is -2.64. The molecule has 8 heteroatoms. The van der Waals surface area contributed by atoms with Gasteiger partial charge in [-0.05, 0) is 36.4 Å². The van der Waals surface area contributed by atoms with Crippen molar-refractivity contribution in [1.82, 2.24) is 4.90 Å². The van der Waals surface area contributed by atoms with E-state index in [-0.39, 0.29) is 11.6 Å². The van der Waals surface area contributed by atoms with Crippen LogP contribution in [0.1, 0.15) is 6.42 Å². The van der Waals surface area contributed by atoms with Crippen LogP contribution in [0.15, 0.2) is 48.5 Å². The van der Waals surface area contributed by atoms with Crippen molar-refractivity contribution in [2.45, 2.75) is 6.42 Å². The van der Waals surface area contributed by atoms with Gasteiger partial charge in [0.15, 0.2) is 0 Å². The minimum atomic E-state index is -0.392. The van der Waals surface area contributed by atoms with Crippen molar-refractivity contribution in [1.29, 1.82) is 0 Å². The highest BCUT2D eigenvalue weighted by Gasteiger charge is 2.18. The molecule has 1 amide bonds. The van der Waals surface area contributed by atoms with E-state index in [4.69, 9.17) is 11.6 Å². The van der Waals surface area contributed by atoms with Crippen LogP contribution in [-0.2, 0) is 4.79 Å². The second-order valence-corrected chi connectivity index (χ2v) is 6.84. The number of nitrogens with one attached hydrogen (secondary N) is 1. The highest BCUT2D eigenvalue weighted by Crippen LogP contribution is 2.20. The molecule has 1 aliphatic rings. The van der Waals surface area contributed by atoms with E-state index < -0.39 is 4.92 Å². The number of hydrogen-bond donors (Lipinski definition) is 1. The third-order valence-corrected chi connectivity index (χ3v) is 4.83. The summed E-state index contributed by atoms with van der Waals surface area (Å²) >= 11 is 5.84. The Kier molecular flexibility index (Phi) is 6.26. The molecule has 1 aliphatic heterocycles. The van der Waals surface area contributed by atoms with E-state index in [9.17, 15) is 14.9 Å². The smallest absolute Gasteiger partial charge is 0.269 e.